The smallest absolute Gasteiger partial charge is 0.351 e. The van der Waals surface area contributed by atoms with E-state index in [1.165, 1.54) is 10.2 Å². The molecule has 8 heteroatoms. The largest absolute Gasteiger partial charge is 0.497 e. The highest BCUT2D eigenvalue weighted by molar-refractivity contribution is 5.36. The fourth-order valence-electron chi connectivity index (χ4n) is 3.70. The van der Waals surface area contributed by atoms with Crippen molar-refractivity contribution < 1.29 is 4.74 Å². The molecule has 1 aliphatic rings. The summed E-state index contributed by atoms with van der Waals surface area (Å²) < 4.78 is 8.54. The molecular formula is C22H28N6O2. The second-order valence-corrected chi connectivity index (χ2v) is 7.84. The molecule has 3 aromatic rings. The lowest BCUT2D eigenvalue weighted by atomic mass is 10.0. The van der Waals surface area contributed by atoms with E-state index in [2.05, 4.69) is 28.1 Å². The van der Waals surface area contributed by atoms with Crippen LogP contribution in [0.4, 0.5) is 0 Å². The Hall–Kier alpha value is -2.94. The van der Waals surface area contributed by atoms with Crippen molar-refractivity contribution in [1.82, 2.24) is 30.1 Å². The molecule has 0 aliphatic carbocycles. The van der Waals surface area contributed by atoms with Crippen LogP contribution >= 0.6 is 0 Å². The first-order valence-corrected chi connectivity index (χ1v) is 10.1. The van der Waals surface area contributed by atoms with Crippen LogP contribution in [-0.2, 0) is 13.1 Å². The molecule has 0 amide bonds. The topological polar surface area (TPSA) is 76.3 Å². The number of methoxy groups -OCH3 is 1. The van der Waals surface area contributed by atoms with Gasteiger partial charge in [0.15, 0.2) is 0 Å². The van der Waals surface area contributed by atoms with Gasteiger partial charge in [0.05, 0.1) is 25.9 Å². The first kappa shape index (κ1) is 20.3. The van der Waals surface area contributed by atoms with Crippen LogP contribution in [-0.4, -0.2) is 53.5 Å². The van der Waals surface area contributed by atoms with E-state index in [9.17, 15) is 4.79 Å². The van der Waals surface area contributed by atoms with Crippen molar-refractivity contribution in [2.45, 2.75) is 19.0 Å². The molecule has 8 nitrogen and oxygen atoms in total. The number of hydrazine groups is 1. The predicted molar refractivity (Wildman–Crippen MR) is 116 cm³/mol. The van der Waals surface area contributed by atoms with Gasteiger partial charge in [-0.25, -0.2) is 4.79 Å². The number of nitrogens with zero attached hydrogens (tertiary/aromatic N) is 4. The van der Waals surface area contributed by atoms with Gasteiger partial charge in [0.1, 0.15) is 11.6 Å². The Bertz CT molecular complexity index is 1050. The third-order valence-electron chi connectivity index (χ3n) is 5.30. The van der Waals surface area contributed by atoms with Gasteiger partial charge in [0.25, 0.3) is 0 Å². The molecule has 2 N–H and O–H groups in total. The average Bonchev–Trinajstić information content (AvgIpc) is 3.38. The third kappa shape index (κ3) is 4.30. The fraction of sp³-hybridized carbons (Fsp3) is 0.364. The lowest BCUT2D eigenvalue weighted by Gasteiger charge is -2.10. The molecule has 0 radical (unpaired) electrons. The van der Waals surface area contributed by atoms with E-state index < -0.39 is 0 Å². The van der Waals surface area contributed by atoms with Gasteiger partial charge in [-0.05, 0) is 49.5 Å². The van der Waals surface area contributed by atoms with Crippen molar-refractivity contribution in [3.05, 3.63) is 76.0 Å². The number of nitrogens with one attached hydrogen (secondary N) is 2. The summed E-state index contributed by atoms with van der Waals surface area (Å²) in [4.78, 5) is 15.3. The Kier molecular flexibility index (Phi) is 5.98. The van der Waals surface area contributed by atoms with E-state index in [1.54, 1.807) is 11.7 Å². The Labute approximate surface area is 176 Å². The summed E-state index contributed by atoms with van der Waals surface area (Å²) in [6.07, 6.45) is 0. The van der Waals surface area contributed by atoms with Crippen LogP contribution in [0.2, 0.25) is 0 Å². The summed E-state index contributed by atoms with van der Waals surface area (Å²) in [7, 11) is 5.58. The summed E-state index contributed by atoms with van der Waals surface area (Å²) >= 11 is 0. The Balaban J connectivity index is 1.67. The summed E-state index contributed by atoms with van der Waals surface area (Å²) in [6, 6.07) is 15.9. The molecule has 30 heavy (non-hydrogen) atoms. The Morgan fingerprint density at radius 1 is 1.13 bits per heavy atom. The van der Waals surface area contributed by atoms with Crippen molar-refractivity contribution in [2.75, 3.05) is 34.3 Å². The van der Waals surface area contributed by atoms with E-state index in [1.807, 2.05) is 55.4 Å². The maximum absolute atomic E-state index is 13.3. The normalized spacial score (nSPS) is 14.5. The van der Waals surface area contributed by atoms with E-state index >= 15 is 0 Å². The number of hydrogen-bond donors (Lipinski definition) is 2. The van der Waals surface area contributed by atoms with Gasteiger partial charge in [-0.15, -0.1) is 5.10 Å². The van der Waals surface area contributed by atoms with E-state index in [0.717, 1.165) is 35.9 Å². The minimum atomic E-state index is -0.147. The zero-order chi connectivity index (χ0) is 21.1. The van der Waals surface area contributed by atoms with Gasteiger partial charge in [-0.2, -0.15) is 4.68 Å². The van der Waals surface area contributed by atoms with Crippen molar-refractivity contribution in [3.63, 3.8) is 0 Å². The lowest BCUT2D eigenvalue weighted by molar-refractivity contribution is 0.381. The Morgan fingerprint density at radius 3 is 2.53 bits per heavy atom. The van der Waals surface area contributed by atoms with Crippen molar-refractivity contribution in [2.24, 2.45) is 0 Å². The van der Waals surface area contributed by atoms with Crippen LogP contribution in [0.1, 0.15) is 22.9 Å². The first-order valence-electron chi connectivity index (χ1n) is 10.1. The molecule has 158 valence electrons. The maximum atomic E-state index is 13.3. The van der Waals surface area contributed by atoms with Crippen LogP contribution in [0.15, 0.2) is 53.3 Å². The Morgan fingerprint density at radius 2 is 1.87 bits per heavy atom. The second-order valence-electron chi connectivity index (χ2n) is 7.84. The molecular weight excluding hydrogens is 380 g/mol. The minimum Gasteiger partial charge on any atom is -0.497 e. The standard InChI is InChI=1S/C22H28N6O2/c1-26(2)15-21-25-28(19-9-7-17(8-10-19)18-12-23-24-13-18)22(29)27(21)14-16-5-4-6-20(11-16)30-3/h4-11,18,23-24H,12-15H2,1-3H3. The zero-order valence-corrected chi connectivity index (χ0v) is 17.6. The molecule has 0 saturated carbocycles. The molecule has 1 saturated heterocycles. The van der Waals surface area contributed by atoms with E-state index in [0.29, 0.717) is 19.0 Å². The summed E-state index contributed by atoms with van der Waals surface area (Å²) in [6.45, 7) is 2.82. The molecule has 2 aromatic carbocycles. The first-order chi connectivity index (χ1) is 14.5. The fourth-order valence-corrected chi connectivity index (χ4v) is 3.70. The summed E-state index contributed by atoms with van der Waals surface area (Å²) in [5.74, 6) is 1.93. The molecule has 0 bridgehead atoms. The van der Waals surface area contributed by atoms with Crippen LogP contribution in [0, 0.1) is 0 Å². The third-order valence-corrected chi connectivity index (χ3v) is 5.30. The predicted octanol–water partition coefficient (Wildman–Crippen LogP) is 1.34. The molecule has 1 aliphatic heterocycles. The highest BCUT2D eigenvalue weighted by atomic mass is 16.5. The van der Waals surface area contributed by atoms with E-state index in [-0.39, 0.29) is 5.69 Å². The number of hydrogen-bond acceptors (Lipinski definition) is 6. The molecule has 0 atom stereocenters. The lowest BCUT2D eigenvalue weighted by Crippen LogP contribution is -2.26. The molecule has 0 unspecified atom stereocenters. The molecule has 1 fully saturated rings. The van der Waals surface area contributed by atoms with Gasteiger partial charge < -0.3 is 9.64 Å². The summed E-state index contributed by atoms with van der Waals surface area (Å²) in [5.41, 5.74) is 9.17. The zero-order valence-electron chi connectivity index (χ0n) is 17.6. The number of aromatic nitrogens is 3. The monoisotopic (exact) mass is 408 g/mol. The number of ether oxygens (including phenoxy) is 1. The highest BCUT2D eigenvalue weighted by Crippen LogP contribution is 2.19. The van der Waals surface area contributed by atoms with Crippen molar-refractivity contribution in [3.8, 4) is 11.4 Å². The van der Waals surface area contributed by atoms with Crippen molar-refractivity contribution >= 4 is 0 Å². The minimum absolute atomic E-state index is 0.147. The number of rotatable bonds is 7. The maximum Gasteiger partial charge on any atom is 0.351 e. The van der Waals surface area contributed by atoms with E-state index in [4.69, 9.17) is 4.74 Å². The van der Waals surface area contributed by atoms with Gasteiger partial charge >= 0.3 is 5.69 Å². The highest BCUT2D eigenvalue weighted by Gasteiger charge is 2.18. The van der Waals surface area contributed by atoms with Crippen LogP contribution < -0.4 is 21.3 Å². The van der Waals surface area contributed by atoms with Gasteiger partial charge in [0, 0.05) is 19.0 Å². The number of benzene rings is 2. The van der Waals surface area contributed by atoms with Crippen LogP contribution in [0.25, 0.3) is 5.69 Å². The van der Waals surface area contributed by atoms with Crippen LogP contribution in [0.5, 0.6) is 5.75 Å². The molecule has 1 aromatic heterocycles. The second kappa shape index (κ2) is 8.83. The SMILES string of the molecule is COc1cccc(Cn2c(CN(C)C)nn(-c3ccc(C4CNNC4)cc3)c2=O)c1. The molecule has 2 heterocycles. The van der Waals surface area contributed by atoms with Gasteiger partial charge in [0.2, 0.25) is 0 Å². The van der Waals surface area contributed by atoms with Crippen LogP contribution in [0.3, 0.4) is 0 Å². The van der Waals surface area contributed by atoms with Gasteiger partial charge in [-0.3, -0.25) is 15.4 Å². The summed E-state index contributed by atoms with van der Waals surface area (Å²) in [5, 5.41) is 4.66. The quantitative estimate of drug-likeness (QED) is 0.615. The van der Waals surface area contributed by atoms with Crippen molar-refractivity contribution in [1.29, 1.82) is 0 Å². The average molecular weight is 409 g/mol. The van der Waals surface area contributed by atoms with Gasteiger partial charge in [-0.1, -0.05) is 24.3 Å². The molecule has 4 rings (SSSR count). The molecule has 0 spiro atoms.